The summed E-state index contributed by atoms with van der Waals surface area (Å²) in [5.41, 5.74) is 0. The van der Waals surface area contributed by atoms with E-state index in [1.165, 1.54) is 173 Å². The Hall–Kier alpha value is -1.94. The van der Waals surface area contributed by atoms with Crippen molar-refractivity contribution in [2.24, 2.45) is 11.8 Å². The number of carbonyl (C=O) groups is 4. The van der Waals surface area contributed by atoms with Crippen molar-refractivity contribution in [1.29, 1.82) is 0 Å². The molecule has 0 spiro atoms. The molecule has 0 bridgehead atoms. The maximum Gasteiger partial charge on any atom is 0.472 e. The van der Waals surface area contributed by atoms with Gasteiger partial charge in [-0.15, -0.1) is 0 Å². The molecular formula is C72H140O17P2. The van der Waals surface area contributed by atoms with E-state index in [1.54, 1.807) is 0 Å². The number of hydrogen-bond acceptors (Lipinski definition) is 15. The molecule has 0 saturated heterocycles. The van der Waals surface area contributed by atoms with Crippen molar-refractivity contribution in [3.63, 3.8) is 0 Å². The molecule has 0 heterocycles. The summed E-state index contributed by atoms with van der Waals surface area (Å²) in [6.07, 6.45) is 50.3. The minimum absolute atomic E-state index is 0.103. The van der Waals surface area contributed by atoms with Crippen molar-refractivity contribution in [2.75, 3.05) is 39.6 Å². The molecule has 0 fully saturated rings. The summed E-state index contributed by atoms with van der Waals surface area (Å²) in [6, 6.07) is 0. The molecule has 0 rings (SSSR count). The van der Waals surface area contributed by atoms with Crippen molar-refractivity contribution in [1.82, 2.24) is 0 Å². The molecule has 91 heavy (non-hydrogen) atoms. The molecule has 3 unspecified atom stereocenters. The van der Waals surface area contributed by atoms with Crippen LogP contribution in [0.3, 0.4) is 0 Å². The molecule has 6 atom stereocenters. The molecule has 0 saturated carbocycles. The summed E-state index contributed by atoms with van der Waals surface area (Å²) in [4.78, 5) is 72.4. The van der Waals surface area contributed by atoms with Gasteiger partial charge in [-0.2, -0.15) is 0 Å². The third-order valence-electron chi connectivity index (χ3n) is 17.1. The fraction of sp³-hybridized carbons (Fsp3) is 0.944. The van der Waals surface area contributed by atoms with Gasteiger partial charge in [0.05, 0.1) is 26.4 Å². The van der Waals surface area contributed by atoms with Crippen molar-refractivity contribution >= 4 is 39.5 Å². The van der Waals surface area contributed by atoms with Gasteiger partial charge in [-0.25, -0.2) is 9.13 Å². The van der Waals surface area contributed by atoms with E-state index in [0.29, 0.717) is 25.7 Å². The Labute approximate surface area is 556 Å². The van der Waals surface area contributed by atoms with Crippen LogP contribution in [0.1, 0.15) is 369 Å². The SMILES string of the molecule is CCCCCCCCCCCCCCCCCCCCCCCC(=O)O[C@H](COC(=O)CCCCCCCCCCCCC(C)C)COP(=O)(O)OC[C@@H](O)COP(=O)(O)OC[C@@H](COC(=O)CCCCCCCCC)OC(=O)CCCCCCCCC(C)CC. The van der Waals surface area contributed by atoms with Gasteiger partial charge in [-0.3, -0.25) is 37.3 Å². The zero-order chi connectivity index (χ0) is 67.2. The number of unbranched alkanes of at least 4 members (excludes halogenated alkanes) is 40. The van der Waals surface area contributed by atoms with Crippen LogP contribution < -0.4 is 0 Å². The Morgan fingerprint density at radius 2 is 0.560 bits per heavy atom. The highest BCUT2D eigenvalue weighted by Crippen LogP contribution is 2.45. The summed E-state index contributed by atoms with van der Waals surface area (Å²) in [6.45, 7) is 9.46. The minimum atomic E-state index is -4.95. The molecule has 0 amide bonds. The number of aliphatic hydroxyl groups excluding tert-OH is 1. The van der Waals surface area contributed by atoms with Gasteiger partial charge < -0.3 is 33.8 Å². The zero-order valence-electron chi connectivity index (χ0n) is 59.1. The average molecular weight is 1340 g/mol. The van der Waals surface area contributed by atoms with Gasteiger partial charge >= 0.3 is 39.5 Å². The maximum atomic E-state index is 13.0. The highest BCUT2D eigenvalue weighted by Gasteiger charge is 2.30. The molecule has 19 heteroatoms. The Kier molecular flexibility index (Phi) is 62.7. The zero-order valence-corrected chi connectivity index (χ0v) is 60.9. The number of esters is 4. The Morgan fingerprint density at radius 3 is 0.835 bits per heavy atom. The number of rotatable bonds is 71. The van der Waals surface area contributed by atoms with E-state index in [0.717, 1.165) is 115 Å². The minimum Gasteiger partial charge on any atom is -0.462 e. The smallest absolute Gasteiger partial charge is 0.462 e. The molecule has 0 aliphatic rings. The molecule has 0 aromatic rings. The first kappa shape index (κ1) is 89.1. The normalized spacial score (nSPS) is 14.4. The van der Waals surface area contributed by atoms with E-state index in [-0.39, 0.29) is 25.7 Å². The molecule has 3 N–H and O–H groups in total. The molecule has 0 aromatic carbocycles. The Morgan fingerprint density at radius 1 is 0.319 bits per heavy atom. The van der Waals surface area contributed by atoms with Crippen LogP contribution in [0.15, 0.2) is 0 Å². The monoisotopic (exact) mass is 1340 g/mol. The van der Waals surface area contributed by atoms with E-state index in [9.17, 15) is 43.2 Å². The van der Waals surface area contributed by atoms with Gasteiger partial charge in [0.25, 0.3) is 0 Å². The lowest BCUT2D eigenvalue weighted by Gasteiger charge is -2.21. The first-order valence-electron chi connectivity index (χ1n) is 37.5. The number of phosphoric acid groups is 2. The van der Waals surface area contributed by atoms with Crippen molar-refractivity contribution < 1.29 is 80.2 Å². The van der Waals surface area contributed by atoms with Crippen LogP contribution in [0.4, 0.5) is 0 Å². The van der Waals surface area contributed by atoms with Gasteiger partial charge in [0.1, 0.15) is 19.3 Å². The predicted octanol–water partition coefficient (Wildman–Crippen LogP) is 20.8. The van der Waals surface area contributed by atoms with Gasteiger partial charge in [0, 0.05) is 25.7 Å². The maximum absolute atomic E-state index is 13.0. The highest BCUT2D eigenvalue weighted by atomic mass is 31.2. The topological polar surface area (TPSA) is 237 Å². The van der Waals surface area contributed by atoms with Gasteiger partial charge in [0.15, 0.2) is 12.2 Å². The second kappa shape index (κ2) is 64.1. The lowest BCUT2D eigenvalue weighted by molar-refractivity contribution is -0.161. The fourth-order valence-electron chi connectivity index (χ4n) is 10.9. The third kappa shape index (κ3) is 65.1. The average Bonchev–Trinajstić information content (AvgIpc) is 3.63. The summed E-state index contributed by atoms with van der Waals surface area (Å²) in [5, 5.41) is 10.6. The number of aliphatic hydroxyl groups is 1. The largest absolute Gasteiger partial charge is 0.472 e. The first-order chi connectivity index (χ1) is 43.9. The number of hydrogen-bond donors (Lipinski definition) is 3. The number of carbonyl (C=O) groups excluding carboxylic acids is 4. The summed E-state index contributed by atoms with van der Waals surface area (Å²) >= 11 is 0. The van der Waals surface area contributed by atoms with Crippen LogP contribution in [-0.2, 0) is 65.4 Å². The molecule has 0 aromatic heterocycles. The lowest BCUT2D eigenvalue weighted by Crippen LogP contribution is -2.30. The van der Waals surface area contributed by atoms with E-state index in [2.05, 4.69) is 41.5 Å². The van der Waals surface area contributed by atoms with E-state index in [4.69, 9.17) is 37.0 Å². The summed E-state index contributed by atoms with van der Waals surface area (Å²) < 4.78 is 68.2. The van der Waals surface area contributed by atoms with E-state index in [1.807, 2.05) is 0 Å². The van der Waals surface area contributed by atoms with Crippen LogP contribution in [0.5, 0.6) is 0 Å². The third-order valence-corrected chi connectivity index (χ3v) is 19.0. The number of ether oxygens (including phenoxy) is 4. The second-order valence-electron chi connectivity index (χ2n) is 26.7. The summed E-state index contributed by atoms with van der Waals surface area (Å²) in [5.74, 6) is -0.652. The molecule has 540 valence electrons. The van der Waals surface area contributed by atoms with Gasteiger partial charge in [-0.05, 0) is 37.5 Å². The van der Waals surface area contributed by atoms with E-state index >= 15 is 0 Å². The van der Waals surface area contributed by atoms with Gasteiger partial charge in [-0.1, -0.05) is 318 Å². The fourth-order valence-corrected chi connectivity index (χ4v) is 12.5. The lowest BCUT2D eigenvalue weighted by atomic mass is 10.00. The standard InChI is InChI=1S/C72H140O17P2/c1-7-10-12-14-16-17-18-19-20-21-22-23-24-25-26-27-28-33-37-44-50-56-71(76)88-67(61-83-70(75)55-49-43-36-32-30-29-31-35-40-46-52-64(4)5)62-86-90(78,79)84-58-66(73)59-85-91(80,81)87-63-68(60-82-69(74)54-48-42-34-15-13-11-8-2)89-72(77)57-51-45-39-38-41-47-53-65(6)9-3/h64-68,73H,7-63H2,1-6H3,(H,78,79)(H,80,81)/t65?,66-,67-,68-/m1/s1. The predicted molar refractivity (Wildman–Crippen MR) is 368 cm³/mol. The highest BCUT2D eigenvalue weighted by molar-refractivity contribution is 7.47. The first-order valence-corrected chi connectivity index (χ1v) is 40.5. The molecule has 0 aliphatic heterocycles. The Balaban J connectivity index is 5.15. The van der Waals surface area contributed by atoms with Crippen molar-refractivity contribution in [3.8, 4) is 0 Å². The molecule has 17 nitrogen and oxygen atoms in total. The second-order valence-corrected chi connectivity index (χ2v) is 29.6. The van der Waals surface area contributed by atoms with Crippen LogP contribution in [0.25, 0.3) is 0 Å². The number of phosphoric ester groups is 2. The van der Waals surface area contributed by atoms with Crippen molar-refractivity contribution in [3.05, 3.63) is 0 Å². The Bertz CT molecular complexity index is 1770. The van der Waals surface area contributed by atoms with E-state index < -0.39 is 97.5 Å². The molecule has 0 aliphatic carbocycles. The van der Waals surface area contributed by atoms with Crippen LogP contribution in [0.2, 0.25) is 0 Å². The molecular weight excluding hydrogens is 1200 g/mol. The van der Waals surface area contributed by atoms with Crippen LogP contribution in [-0.4, -0.2) is 96.7 Å². The van der Waals surface area contributed by atoms with Crippen LogP contribution >= 0.6 is 15.6 Å². The van der Waals surface area contributed by atoms with Crippen LogP contribution in [0, 0.1) is 11.8 Å². The quantitative estimate of drug-likeness (QED) is 0.0222. The van der Waals surface area contributed by atoms with Gasteiger partial charge in [0.2, 0.25) is 0 Å². The molecule has 0 radical (unpaired) electrons. The summed E-state index contributed by atoms with van der Waals surface area (Å²) in [7, 11) is -9.90. The van der Waals surface area contributed by atoms with Crippen molar-refractivity contribution in [2.45, 2.75) is 387 Å².